The number of imide groups is 1. The zero-order valence-electron chi connectivity index (χ0n) is 19.9. The highest BCUT2D eigenvalue weighted by Crippen LogP contribution is 2.55. The van der Waals surface area contributed by atoms with Crippen LogP contribution in [0, 0.1) is 18.8 Å². The van der Waals surface area contributed by atoms with Crippen molar-refractivity contribution in [1.29, 1.82) is 0 Å². The number of carbonyl (C=O) groups is 3. The van der Waals surface area contributed by atoms with E-state index < -0.39 is 23.4 Å². The van der Waals surface area contributed by atoms with E-state index in [-0.39, 0.29) is 41.7 Å². The molecular weight excluding hydrogens is 482 g/mol. The van der Waals surface area contributed by atoms with Crippen LogP contribution in [0.25, 0.3) is 0 Å². The van der Waals surface area contributed by atoms with Crippen molar-refractivity contribution in [3.8, 4) is 11.5 Å². The highest BCUT2D eigenvalue weighted by atomic mass is 35.5. The van der Waals surface area contributed by atoms with Gasteiger partial charge in [-0.2, -0.15) is 0 Å². The Balaban J connectivity index is 1.48. The van der Waals surface area contributed by atoms with Crippen LogP contribution in [0.4, 0.5) is 5.69 Å². The molecule has 0 aromatic heterocycles. The first-order chi connectivity index (χ1) is 17.2. The number of hydrogen-bond acceptors (Lipinski definition) is 6. The van der Waals surface area contributed by atoms with Gasteiger partial charge in [0.05, 0.1) is 22.5 Å². The van der Waals surface area contributed by atoms with Gasteiger partial charge in [0.15, 0.2) is 11.5 Å². The monoisotopic (exact) mass is 509 g/mol. The van der Waals surface area contributed by atoms with Gasteiger partial charge in [-0.25, -0.2) is 0 Å². The van der Waals surface area contributed by atoms with E-state index in [0.29, 0.717) is 21.8 Å². The van der Waals surface area contributed by atoms with Gasteiger partial charge in [0.25, 0.3) is 0 Å². The van der Waals surface area contributed by atoms with Gasteiger partial charge in [0.1, 0.15) is 5.54 Å². The quantitative estimate of drug-likeness (QED) is 0.372. The van der Waals surface area contributed by atoms with E-state index in [0.717, 1.165) is 37.7 Å². The lowest BCUT2D eigenvalue weighted by atomic mass is 9.76. The van der Waals surface area contributed by atoms with Crippen LogP contribution in [-0.2, 0) is 26.3 Å². The number of aromatic hydroxyl groups is 2. The average Bonchev–Trinajstić information content (AvgIpc) is 3.42. The van der Waals surface area contributed by atoms with Gasteiger partial charge in [0.2, 0.25) is 17.7 Å². The second-order valence-electron chi connectivity index (χ2n) is 10.6. The van der Waals surface area contributed by atoms with Gasteiger partial charge in [-0.3, -0.25) is 24.6 Å². The highest BCUT2D eigenvalue weighted by Gasteiger charge is 2.71. The van der Waals surface area contributed by atoms with E-state index in [2.05, 4.69) is 10.6 Å². The van der Waals surface area contributed by atoms with E-state index in [4.69, 9.17) is 11.6 Å². The van der Waals surface area contributed by atoms with Crippen molar-refractivity contribution in [1.82, 2.24) is 10.2 Å². The lowest BCUT2D eigenvalue weighted by Crippen LogP contribution is -2.54. The van der Waals surface area contributed by atoms with Crippen molar-refractivity contribution in [3.05, 3.63) is 52.0 Å². The summed E-state index contributed by atoms with van der Waals surface area (Å²) < 4.78 is 0. The highest BCUT2D eigenvalue weighted by molar-refractivity contribution is 6.35. The fraction of sp³-hybridized carbons (Fsp3) is 0.444. The second-order valence-corrected chi connectivity index (χ2v) is 11.0. The first-order valence-corrected chi connectivity index (χ1v) is 12.9. The van der Waals surface area contributed by atoms with E-state index in [1.165, 1.54) is 17.0 Å². The Morgan fingerprint density at radius 1 is 1.03 bits per heavy atom. The Bertz CT molecular complexity index is 1310. The Morgan fingerprint density at radius 3 is 2.50 bits per heavy atom. The molecule has 3 aliphatic heterocycles. The van der Waals surface area contributed by atoms with Crippen molar-refractivity contribution < 1.29 is 24.6 Å². The number of fused-ring (bicyclic) bond motifs is 4. The first-order valence-electron chi connectivity index (χ1n) is 12.5. The maximum absolute atomic E-state index is 14.1. The number of amides is 3. The van der Waals surface area contributed by atoms with E-state index >= 15 is 0 Å². The number of nitrogens with one attached hydrogen (secondary N) is 2. The molecule has 1 aliphatic carbocycles. The number of halogens is 1. The molecule has 0 bridgehead atoms. The zero-order valence-corrected chi connectivity index (χ0v) is 20.6. The SMILES string of the molecule is Cc1cc(Cl)c2c(c1)[C@]1(N[C@H](Cc3ccc(O)c(O)c3)[C@H]3C(=O)N(C4CCCCC4)C(=O)[C@H]31)C(=O)N2. The molecule has 0 unspecified atom stereocenters. The summed E-state index contributed by atoms with van der Waals surface area (Å²) in [6, 6.07) is 7.44. The number of rotatable bonds is 3. The van der Waals surface area contributed by atoms with Crippen LogP contribution in [0.15, 0.2) is 30.3 Å². The van der Waals surface area contributed by atoms with E-state index in [1.54, 1.807) is 12.1 Å². The summed E-state index contributed by atoms with van der Waals surface area (Å²) in [7, 11) is 0. The molecule has 4 N–H and O–H groups in total. The van der Waals surface area contributed by atoms with Crippen molar-refractivity contribution >= 4 is 35.0 Å². The molecule has 0 radical (unpaired) electrons. The van der Waals surface area contributed by atoms with E-state index in [9.17, 15) is 24.6 Å². The Morgan fingerprint density at radius 2 is 1.78 bits per heavy atom. The topological polar surface area (TPSA) is 119 Å². The van der Waals surface area contributed by atoms with Gasteiger partial charge in [-0.05, 0) is 55.5 Å². The molecule has 4 aliphatic rings. The maximum atomic E-state index is 14.1. The Kier molecular flexibility index (Phi) is 5.32. The molecule has 9 heteroatoms. The summed E-state index contributed by atoms with van der Waals surface area (Å²) in [5, 5.41) is 26.4. The van der Waals surface area contributed by atoms with E-state index in [1.807, 2.05) is 13.0 Å². The van der Waals surface area contributed by atoms with Gasteiger partial charge in [-0.15, -0.1) is 0 Å². The molecule has 3 amide bonds. The molecule has 6 rings (SSSR count). The third-order valence-electron chi connectivity index (χ3n) is 8.39. The number of carbonyl (C=O) groups excluding carboxylic acids is 3. The number of anilines is 1. The van der Waals surface area contributed by atoms with Crippen molar-refractivity contribution in [2.24, 2.45) is 11.8 Å². The zero-order chi connectivity index (χ0) is 25.4. The van der Waals surface area contributed by atoms with Gasteiger partial charge >= 0.3 is 0 Å². The van der Waals surface area contributed by atoms with Crippen LogP contribution in [-0.4, -0.2) is 44.9 Å². The summed E-state index contributed by atoms with van der Waals surface area (Å²) in [6.45, 7) is 1.88. The maximum Gasteiger partial charge on any atom is 0.250 e. The van der Waals surface area contributed by atoms with Crippen LogP contribution in [0.2, 0.25) is 5.02 Å². The van der Waals surface area contributed by atoms with Crippen molar-refractivity contribution in [3.63, 3.8) is 0 Å². The molecule has 4 atom stereocenters. The number of phenols is 2. The van der Waals surface area contributed by atoms with Crippen molar-refractivity contribution in [2.45, 2.75) is 63.1 Å². The normalized spacial score (nSPS) is 29.7. The van der Waals surface area contributed by atoms with Gasteiger partial charge < -0.3 is 15.5 Å². The molecule has 188 valence electrons. The predicted octanol–water partition coefficient (Wildman–Crippen LogP) is 3.36. The summed E-state index contributed by atoms with van der Waals surface area (Å²) in [5.41, 5.74) is 1.17. The summed E-state index contributed by atoms with van der Waals surface area (Å²) >= 11 is 6.50. The Hall–Kier alpha value is -3.10. The largest absolute Gasteiger partial charge is 0.504 e. The minimum atomic E-state index is -1.42. The molecule has 2 aromatic carbocycles. The molecule has 1 saturated carbocycles. The summed E-state index contributed by atoms with van der Waals surface area (Å²) in [6.07, 6.45) is 4.87. The van der Waals surface area contributed by atoms with Crippen LogP contribution >= 0.6 is 11.6 Å². The lowest BCUT2D eigenvalue weighted by Gasteiger charge is -2.34. The van der Waals surface area contributed by atoms with Crippen LogP contribution < -0.4 is 10.6 Å². The van der Waals surface area contributed by atoms with Gasteiger partial charge in [-0.1, -0.05) is 43.0 Å². The molecule has 36 heavy (non-hydrogen) atoms. The Labute approximate surface area is 213 Å². The van der Waals surface area contributed by atoms with Crippen LogP contribution in [0.1, 0.15) is 48.8 Å². The smallest absolute Gasteiger partial charge is 0.250 e. The third-order valence-corrected chi connectivity index (χ3v) is 8.69. The van der Waals surface area contributed by atoms with Gasteiger partial charge in [0, 0.05) is 17.6 Å². The van der Waals surface area contributed by atoms with Crippen LogP contribution in [0.3, 0.4) is 0 Å². The fourth-order valence-corrected chi connectivity index (χ4v) is 7.16. The van der Waals surface area contributed by atoms with Crippen molar-refractivity contribution in [2.75, 3.05) is 5.32 Å². The lowest BCUT2D eigenvalue weighted by molar-refractivity contribution is -0.146. The standard InChI is InChI=1S/C27H28ClN3O5/c1-13-9-16-23(17(28)10-13)29-26(36)27(16)22-21(18(30-27)11-14-7-8-19(32)20(33)12-14)24(34)31(25(22)35)15-5-3-2-4-6-15/h7-10,12,15,18,21-22,30,32-33H,2-6,11H2,1H3,(H,29,36)/t18-,21-,22+,27-/m1/s1. The molecule has 8 nitrogen and oxygen atoms in total. The second kappa shape index (κ2) is 8.21. The average molecular weight is 510 g/mol. The minimum Gasteiger partial charge on any atom is -0.504 e. The first kappa shape index (κ1) is 23.3. The number of nitrogens with zero attached hydrogens (tertiary/aromatic N) is 1. The molecule has 3 heterocycles. The number of aryl methyl sites for hydroxylation is 1. The third kappa shape index (κ3) is 3.20. The molecule has 3 fully saturated rings. The molecule has 2 saturated heterocycles. The number of benzene rings is 2. The number of likely N-dealkylation sites (tertiary alicyclic amines) is 1. The number of phenolic OH excluding ortho intramolecular Hbond substituents is 2. The number of hydrogen-bond donors (Lipinski definition) is 4. The summed E-state index contributed by atoms with van der Waals surface area (Å²) in [4.78, 5) is 43.1. The molecule has 2 aromatic rings. The molecule has 1 spiro atoms. The minimum absolute atomic E-state index is 0.148. The van der Waals surface area contributed by atoms with Crippen LogP contribution in [0.5, 0.6) is 11.5 Å². The predicted molar refractivity (Wildman–Crippen MR) is 133 cm³/mol. The molecular formula is C27H28ClN3O5. The summed E-state index contributed by atoms with van der Waals surface area (Å²) in [5.74, 6) is -3.08. The fourth-order valence-electron chi connectivity index (χ4n) is 6.84.